The molecule has 1 amide bonds. The summed E-state index contributed by atoms with van der Waals surface area (Å²) in [4.78, 5) is 21.6. The number of aromatic nitrogens is 6. The summed E-state index contributed by atoms with van der Waals surface area (Å²) in [6.07, 6.45) is 15.1. The van der Waals surface area contributed by atoms with Crippen molar-refractivity contribution in [2.45, 2.75) is 51.2 Å². The minimum atomic E-state index is -0.393. The molecule has 5 rings (SSSR count). The molecule has 1 saturated carbocycles. The molecule has 37 heavy (non-hydrogen) atoms. The Kier molecular flexibility index (Phi) is 7.41. The van der Waals surface area contributed by atoms with Gasteiger partial charge in [0.05, 0.1) is 24.5 Å². The Labute approximate surface area is 216 Å². The molecule has 9 heteroatoms. The second-order valence-electron chi connectivity index (χ2n) is 9.92. The third-order valence-corrected chi connectivity index (χ3v) is 7.05. The van der Waals surface area contributed by atoms with Gasteiger partial charge < -0.3 is 10.4 Å². The third kappa shape index (κ3) is 5.94. The molecule has 1 aliphatic carbocycles. The summed E-state index contributed by atoms with van der Waals surface area (Å²) in [5.41, 5.74) is 4.99. The number of rotatable bonds is 8. The fourth-order valence-corrected chi connectivity index (χ4v) is 4.87. The number of carbonyl (C=O) groups excluding carboxylic acids is 1. The van der Waals surface area contributed by atoms with E-state index in [-0.39, 0.29) is 17.9 Å². The maximum Gasteiger partial charge on any atom is 0.223 e. The van der Waals surface area contributed by atoms with Crippen LogP contribution in [0.15, 0.2) is 61.4 Å². The molecule has 1 fully saturated rings. The number of aryl methyl sites for hydroxylation is 1. The molecule has 0 radical (unpaired) electrons. The maximum absolute atomic E-state index is 12.4. The number of nitrogens with one attached hydrogen (secondary N) is 1. The van der Waals surface area contributed by atoms with E-state index in [2.05, 4.69) is 43.8 Å². The van der Waals surface area contributed by atoms with Crippen LogP contribution in [0.2, 0.25) is 0 Å². The van der Waals surface area contributed by atoms with Crippen LogP contribution in [-0.2, 0) is 11.8 Å². The molecule has 192 valence electrons. The van der Waals surface area contributed by atoms with E-state index in [4.69, 9.17) is 0 Å². The maximum atomic E-state index is 12.4. The summed E-state index contributed by atoms with van der Waals surface area (Å²) >= 11 is 0. The van der Waals surface area contributed by atoms with E-state index in [1.807, 2.05) is 54.8 Å². The summed E-state index contributed by atoms with van der Waals surface area (Å²) in [5.74, 6) is 0.813. The van der Waals surface area contributed by atoms with E-state index in [9.17, 15) is 9.90 Å². The molecule has 2 N–H and O–H groups in total. The molecule has 3 heterocycles. The van der Waals surface area contributed by atoms with E-state index in [0.717, 1.165) is 53.5 Å². The zero-order chi connectivity index (χ0) is 25.8. The van der Waals surface area contributed by atoms with Gasteiger partial charge in [-0.25, -0.2) is 9.97 Å². The Morgan fingerprint density at radius 2 is 1.68 bits per heavy atom. The molecule has 0 aliphatic heterocycles. The van der Waals surface area contributed by atoms with Gasteiger partial charge in [-0.2, -0.15) is 10.2 Å². The lowest BCUT2D eigenvalue weighted by Crippen LogP contribution is -2.35. The highest BCUT2D eigenvalue weighted by atomic mass is 16.3. The number of amides is 1. The highest BCUT2D eigenvalue weighted by Crippen LogP contribution is 2.33. The van der Waals surface area contributed by atoms with E-state index in [1.165, 1.54) is 0 Å². The molecule has 3 aromatic heterocycles. The molecule has 9 nitrogen and oxygen atoms in total. The lowest BCUT2D eigenvalue weighted by molar-refractivity contribution is -0.126. The monoisotopic (exact) mass is 499 g/mol. The minimum Gasteiger partial charge on any atom is -0.393 e. The fraction of sp³-hybridized carbons (Fsp3) is 0.393. The molecular weight excluding hydrogens is 466 g/mol. The minimum absolute atomic E-state index is 0.0397. The predicted octanol–water partition coefficient (Wildman–Crippen LogP) is 4.03. The third-order valence-electron chi connectivity index (χ3n) is 7.05. The van der Waals surface area contributed by atoms with Crippen LogP contribution in [0.3, 0.4) is 0 Å². The van der Waals surface area contributed by atoms with Crippen LogP contribution in [0.1, 0.15) is 45.1 Å². The number of aliphatic hydroxyl groups is 1. The Balaban J connectivity index is 1.20. The quantitative estimate of drug-likeness (QED) is 0.379. The predicted molar refractivity (Wildman–Crippen MR) is 141 cm³/mol. The average molecular weight is 500 g/mol. The van der Waals surface area contributed by atoms with Crippen molar-refractivity contribution in [1.29, 1.82) is 0 Å². The van der Waals surface area contributed by atoms with Gasteiger partial charge in [0.15, 0.2) is 5.82 Å². The average Bonchev–Trinajstić information content (AvgIpc) is 3.58. The van der Waals surface area contributed by atoms with E-state index in [0.29, 0.717) is 18.8 Å². The number of aliphatic hydroxyl groups excluding tert-OH is 1. The van der Waals surface area contributed by atoms with E-state index in [1.54, 1.807) is 11.6 Å². The van der Waals surface area contributed by atoms with Gasteiger partial charge in [-0.15, -0.1) is 0 Å². The first-order chi connectivity index (χ1) is 18.0. The van der Waals surface area contributed by atoms with Crippen molar-refractivity contribution in [3.63, 3.8) is 0 Å². The second-order valence-corrected chi connectivity index (χ2v) is 9.92. The van der Waals surface area contributed by atoms with Crippen LogP contribution in [0.25, 0.3) is 33.6 Å². The standard InChI is InChI=1S/C28H33N7O2/c1-19(36)10-11-29-28(37)20-6-8-26(9-7-20)35-18-25(16-33-35)23-13-30-27(31-14-23)22-5-3-4-21(12-22)24-15-32-34(2)17-24/h3-5,12-20,26,36H,6-11H2,1-2H3,(H,29,37)/t19?,20-,26-. The van der Waals surface area contributed by atoms with E-state index < -0.39 is 6.10 Å². The van der Waals surface area contributed by atoms with Crippen molar-refractivity contribution in [3.05, 3.63) is 61.4 Å². The summed E-state index contributed by atoms with van der Waals surface area (Å²) in [5, 5.41) is 21.2. The summed E-state index contributed by atoms with van der Waals surface area (Å²) in [6, 6.07) is 8.43. The molecule has 0 spiro atoms. The zero-order valence-corrected chi connectivity index (χ0v) is 21.3. The van der Waals surface area contributed by atoms with Crippen molar-refractivity contribution in [2.24, 2.45) is 13.0 Å². The first-order valence-electron chi connectivity index (χ1n) is 12.9. The van der Waals surface area contributed by atoms with Gasteiger partial charge >= 0.3 is 0 Å². The summed E-state index contributed by atoms with van der Waals surface area (Å²) in [6.45, 7) is 2.26. The van der Waals surface area contributed by atoms with Crippen molar-refractivity contribution in [2.75, 3.05) is 6.54 Å². The molecular formula is C28H33N7O2. The van der Waals surface area contributed by atoms with Crippen LogP contribution in [-0.4, -0.2) is 53.2 Å². The number of hydrogen-bond acceptors (Lipinski definition) is 6. The van der Waals surface area contributed by atoms with Gasteiger partial charge in [0, 0.05) is 66.6 Å². The number of carbonyl (C=O) groups is 1. The smallest absolute Gasteiger partial charge is 0.223 e. The van der Waals surface area contributed by atoms with Crippen LogP contribution in [0.5, 0.6) is 0 Å². The molecule has 1 aromatic carbocycles. The fourth-order valence-electron chi connectivity index (χ4n) is 4.87. The molecule has 1 aliphatic rings. The van der Waals surface area contributed by atoms with E-state index >= 15 is 0 Å². The SMILES string of the molecule is CC(O)CCNC(=O)[C@H]1CC[C@H](n2cc(-c3cnc(-c4cccc(-c5cnn(C)c5)c4)nc3)cn2)CC1. The van der Waals surface area contributed by atoms with Crippen LogP contribution in [0, 0.1) is 5.92 Å². The molecule has 1 atom stereocenters. The van der Waals surface area contributed by atoms with Gasteiger partial charge in [-0.1, -0.05) is 18.2 Å². The summed E-state index contributed by atoms with van der Waals surface area (Å²) < 4.78 is 3.80. The Hall–Kier alpha value is -3.85. The zero-order valence-electron chi connectivity index (χ0n) is 21.3. The normalized spacial score (nSPS) is 18.5. The summed E-state index contributed by atoms with van der Waals surface area (Å²) in [7, 11) is 1.91. The number of benzene rings is 1. The lowest BCUT2D eigenvalue weighted by Gasteiger charge is -2.28. The molecule has 4 aromatic rings. The van der Waals surface area contributed by atoms with Crippen molar-refractivity contribution in [3.8, 4) is 33.6 Å². The molecule has 0 saturated heterocycles. The van der Waals surface area contributed by atoms with Crippen LogP contribution < -0.4 is 5.32 Å². The van der Waals surface area contributed by atoms with Gasteiger partial charge in [0.2, 0.25) is 5.91 Å². The lowest BCUT2D eigenvalue weighted by atomic mass is 9.85. The first kappa shape index (κ1) is 24.8. The molecule has 0 bridgehead atoms. The van der Waals surface area contributed by atoms with Gasteiger partial charge in [0.25, 0.3) is 0 Å². The Bertz CT molecular complexity index is 1330. The van der Waals surface area contributed by atoms with Crippen LogP contribution >= 0.6 is 0 Å². The topological polar surface area (TPSA) is 111 Å². The van der Waals surface area contributed by atoms with Gasteiger partial charge in [-0.05, 0) is 50.7 Å². The first-order valence-corrected chi connectivity index (χ1v) is 12.9. The molecule has 1 unspecified atom stereocenters. The van der Waals surface area contributed by atoms with Gasteiger partial charge in [-0.3, -0.25) is 14.2 Å². The number of nitrogens with zero attached hydrogens (tertiary/aromatic N) is 6. The van der Waals surface area contributed by atoms with Crippen molar-refractivity contribution >= 4 is 5.91 Å². The Morgan fingerprint density at radius 3 is 2.38 bits per heavy atom. The van der Waals surface area contributed by atoms with Crippen LogP contribution in [0.4, 0.5) is 0 Å². The van der Waals surface area contributed by atoms with Gasteiger partial charge in [0.1, 0.15) is 0 Å². The Morgan fingerprint density at radius 1 is 0.973 bits per heavy atom. The van der Waals surface area contributed by atoms with Crippen molar-refractivity contribution < 1.29 is 9.90 Å². The highest BCUT2D eigenvalue weighted by Gasteiger charge is 2.27. The number of hydrogen-bond donors (Lipinski definition) is 2. The largest absolute Gasteiger partial charge is 0.393 e. The highest BCUT2D eigenvalue weighted by molar-refractivity contribution is 5.78. The van der Waals surface area contributed by atoms with Crippen molar-refractivity contribution in [1.82, 2.24) is 34.8 Å². The second kappa shape index (κ2) is 11.0.